The van der Waals surface area contributed by atoms with E-state index in [4.69, 9.17) is 0 Å². The summed E-state index contributed by atoms with van der Waals surface area (Å²) in [6.07, 6.45) is 0. The van der Waals surface area contributed by atoms with Crippen molar-refractivity contribution in [2.45, 2.75) is 6.54 Å². The van der Waals surface area contributed by atoms with Crippen LogP contribution in [0.3, 0.4) is 0 Å². The lowest BCUT2D eigenvalue weighted by Gasteiger charge is -2.06. The van der Waals surface area contributed by atoms with Crippen LogP contribution >= 0.6 is 0 Å². The van der Waals surface area contributed by atoms with E-state index in [0.29, 0.717) is 4.74 Å². The fourth-order valence-corrected chi connectivity index (χ4v) is 1.03. The van der Waals surface area contributed by atoms with E-state index in [9.17, 15) is 14.0 Å². The van der Waals surface area contributed by atoms with Crippen molar-refractivity contribution < 1.29 is 13.5 Å². The molecule has 0 saturated carbocycles. The smallest absolute Gasteiger partial charge is 0.226 e. The van der Waals surface area contributed by atoms with Crippen LogP contribution in [-0.2, 0) is 6.54 Å². The molecule has 0 aromatic heterocycles. The lowest BCUT2D eigenvalue weighted by atomic mass is 10.2. The Bertz CT molecular complexity index is 305. The van der Waals surface area contributed by atoms with Crippen molar-refractivity contribution in [3.63, 3.8) is 0 Å². The first kappa shape index (κ1) is 10.6. The molecule has 0 spiro atoms. The van der Waals surface area contributed by atoms with Gasteiger partial charge in [0.2, 0.25) is 5.71 Å². The van der Waals surface area contributed by atoms with E-state index in [0.717, 1.165) is 5.56 Å². The molecule has 0 heterocycles. The first-order valence-corrected chi connectivity index (χ1v) is 4.23. The average Bonchev–Trinajstić information content (AvgIpc) is 2.21. The maximum atomic E-state index is 12.1. The molecule has 0 aliphatic heterocycles. The van der Waals surface area contributed by atoms with E-state index in [2.05, 4.69) is 0 Å². The molecule has 0 unspecified atom stereocenters. The number of hydroxylamine groups is 1. The van der Waals surface area contributed by atoms with Gasteiger partial charge in [0.05, 0.1) is 0 Å². The highest BCUT2D eigenvalue weighted by molar-refractivity contribution is 5.82. The third kappa shape index (κ3) is 2.80. The van der Waals surface area contributed by atoms with Gasteiger partial charge in [0, 0.05) is 5.56 Å². The summed E-state index contributed by atoms with van der Waals surface area (Å²) in [5.41, 5.74) is 0.371. The highest BCUT2D eigenvalue weighted by atomic mass is 19.1. The molecule has 0 atom stereocenters. The van der Waals surface area contributed by atoms with Gasteiger partial charge in [-0.3, -0.25) is 0 Å². The Morgan fingerprint density at radius 2 is 1.71 bits per heavy atom. The second-order valence-corrected chi connectivity index (χ2v) is 2.86. The minimum atomic E-state index is -1.03. The van der Waals surface area contributed by atoms with Crippen LogP contribution in [-0.4, -0.2) is 23.8 Å². The van der Waals surface area contributed by atoms with Crippen molar-refractivity contribution in [2.75, 3.05) is 13.3 Å². The lowest BCUT2D eigenvalue weighted by Crippen LogP contribution is -2.19. The molecule has 0 aliphatic carbocycles. The largest absolute Gasteiger partial charge is 0.623 e. The molecule has 4 heteroatoms. The van der Waals surface area contributed by atoms with Crippen molar-refractivity contribution >= 4 is 5.71 Å². The molecule has 0 saturated heterocycles. The first-order chi connectivity index (χ1) is 6.77. The minimum absolute atomic E-state index is 0.00991. The Morgan fingerprint density at radius 1 is 1.14 bits per heavy atom. The zero-order chi connectivity index (χ0) is 10.4. The van der Waals surface area contributed by atoms with E-state index in [1.54, 1.807) is 24.3 Å². The van der Waals surface area contributed by atoms with Gasteiger partial charge < -0.3 is 5.21 Å². The van der Waals surface area contributed by atoms with Crippen LogP contribution in [0.2, 0.25) is 0 Å². The molecule has 14 heavy (non-hydrogen) atoms. The van der Waals surface area contributed by atoms with Gasteiger partial charge in [-0.2, -0.15) is 0 Å². The van der Waals surface area contributed by atoms with Crippen molar-refractivity contribution in [1.82, 2.24) is 0 Å². The molecule has 76 valence electrons. The molecule has 1 rings (SSSR count). The van der Waals surface area contributed by atoms with Crippen LogP contribution in [0.15, 0.2) is 30.3 Å². The van der Waals surface area contributed by atoms with Crippen molar-refractivity contribution in [2.24, 2.45) is 0 Å². The molecule has 1 aromatic rings. The zero-order valence-electron chi connectivity index (χ0n) is 7.62. The SMILES string of the molecule is [O-][N+](Cc1ccccc1)=C(CF)CF. The molecule has 2 nitrogen and oxygen atoms in total. The number of rotatable bonds is 4. The van der Waals surface area contributed by atoms with Gasteiger partial charge >= 0.3 is 0 Å². The standard InChI is InChI=1S/C10H11F2NO/c11-6-10(7-12)13(14)8-9-4-2-1-3-5-9/h1-5H,6-8H2. The van der Waals surface area contributed by atoms with E-state index in [1.165, 1.54) is 0 Å². The molecule has 0 amide bonds. The number of hydrogen-bond donors (Lipinski definition) is 0. The van der Waals surface area contributed by atoms with Crippen LogP contribution in [0.5, 0.6) is 0 Å². The Kier molecular flexibility index (Phi) is 4.04. The van der Waals surface area contributed by atoms with Crippen LogP contribution in [0.1, 0.15) is 5.56 Å². The first-order valence-electron chi connectivity index (χ1n) is 4.23. The molecule has 0 aliphatic rings. The monoisotopic (exact) mass is 199 g/mol. The van der Waals surface area contributed by atoms with Crippen LogP contribution in [0.25, 0.3) is 0 Å². The number of benzene rings is 1. The summed E-state index contributed by atoms with van der Waals surface area (Å²) < 4.78 is 24.5. The fraction of sp³-hybridized carbons (Fsp3) is 0.300. The van der Waals surface area contributed by atoms with Crippen molar-refractivity contribution in [3.8, 4) is 0 Å². The third-order valence-corrected chi connectivity index (χ3v) is 1.83. The number of hydrogen-bond acceptors (Lipinski definition) is 1. The van der Waals surface area contributed by atoms with Crippen molar-refractivity contribution in [3.05, 3.63) is 41.1 Å². The molecule has 0 radical (unpaired) electrons. The van der Waals surface area contributed by atoms with E-state index in [1.807, 2.05) is 6.07 Å². The summed E-state index contributed by atoms with van der Waals surface area (Å²) in [6, 6.07) is 8.83. The number of halogens is 2. The van der Waals surface area contributed by atoms with E-state index < -0.39 is 13.3 Å². The predicted molar refractivity (Wildman–Crippen MR) is 50.7 cm³/mol. The number of alkyl halides is 2. The summed E-state index contributed by atoms with van der Waals surface area (Å²) in [5, 5.41) is 11.2. The molecular formula is C10H11F2NO. The quantitative estimate of drug-likeness (QED) is 0.315. The summed E-state index contributed by atoms with van der Waals surface area (Å²) in [4.78, 5) is 0. The highest BCUT2D eigenvalue weighted by Gasteiger charge is 2.08. The summed E-state index contributed by atoms with van der Waals surface area (Å²) in [7, 11) is 0. The molecule has 0 N–H and O–H groups in total. The summed E-state index contributed by atoms with van der Waals surface area (Å²) in [5.74, 6) is 0. The molecular weight excluding hydrogens is 188 g/mol. The average molecular weight is 199 g/mol. The van der Waals surface area contributed by atoms with Gasteiger partial charge in [0.1, 0.15) is 0 Å². The zero-order valence-corrected chi connectivity index (χ0v) is 7.62. The molecule has 0 bridgehead atoms. The van der Waals surface area contributed by atoms with Gasteiger partial charge in [0.15, 0.2) is 19.9 Å². The van der Waals surface area contributed by atoms with Crippen LogP contribution < -0.4 is 0 Å². The topological polar surface area (TPSA) is 26.1 Å². The van der Waals surface area contributed by atoms with Crippen LogP contribution in [0, 0.1) is 5.21 Å². The highest BCUT2D eigenvalue weighted by Crippen LogP contribution is 2.00. The lowest BCUT2D eigenvalue weighted by molar-refractivity contribution is -0.477. The number of nitrogens with zero attached hydrogens (tertiary/aromatic N) is 1. The van der Waals surface area contributed by atoms with Crippen molar-refractivity contribution in [1.29, 1.82) is 0 Å². The Morgan fingerprint density at radius 3 is 2.21 bits per heavy atom. The maximum Gasteiger partial charge on any atom is 0.226 e. The van der Waals surface area contributed by atoms with Gasteiger partial charge in [-0.05, 0) is 0 Å². The molecule has 1 aromatic carbocycles. The third-order valence-electron chi connectivity index (χ3n) is 1.83. The summed E-state index contributed by atoms with van der Waals surface area (Å²) in [6.45, 7) is -2.08. The van der Waals surface area contributed by atoms with Gasteiger partial charge in [-0.15, -0.1) is 0 Å². The predicted octanol–water partition coefficient (Wildman–Crippen LogP) is 2.08. The van der Waals surface area contributed by atoms with E-state index in [-0.39, 0.29) is 12.3 Å². The Balaban J connectivity index is 2.74. The van der Waals surface area contributed by atoms with Crippen LogP contribution in [0.4, 0.5) is 8.78 Å². The fourth-order valence-electron chi connectivity index (χ4n) is 1.03. The van der Waals surface area contributed by atoms with Gasteiger partial charge in [0.25, 0.3) is 0 Å². The maximum absolute atomic E-state index is 12.1. The summed E-state index contributed by atoms with van der Waals surface area (Å²) >= 11 is 0. The normalized spacial score (nSPS) is 9.86. The second-order valence-electron chi connectivity index (χ2n) is 2.86. The van der Waals surface area contributed by atoms with Gasteiger partial charge in [-0.25, -0.2) is 13.5 Å². The Labute approximate surface area is 81.1 Å². The minimum Gasteiger partial charge on any atom is -0.623 e. The van der Waals surface area contributed by atoms with Gasteiger partial charge in [-0.1, -0.05) is 30.3 Å². The van der Waals surface area contributed by atoms with E-state index >= 15 is 0 Å². The second kappa shape index (κ2) is 5.32. The molecule has 0 fully saturated rings. The Hall–Kier alpha value is -1.45.